The zero-order valence-electron chi connectivity index (χ0n) is 16.7. The fourth-order valence-corrected chi connectivity index (χ4v) is 3.43. The van der Waals surface area contributed by atoms with E-state index in [0.29, 0.717) is 33.6 Å². The molecule has 4 rings (SSSR count). The van der Waals surface area contributed by atoms with E-state index in [2.05, 4.69) is 21.0 Å². The van der Waals surface area contributed by atoms with Crippen molar-refractivity contribution in [1.82, 2.24) is 14.4 Å². The largest absolute Gasteiger partial charge is 0.404 e. The van der Waals surface area contributed by atoms with Crippen LogP contribution in [0.25, 0.3) is 22.5 Å². The summed E-state index contributed by atoms with van der Waals surface area (Å²) in [4.78, 5) is 12.8. The van der Waals surface area contributed by atoms with E-state index in [1.165, 1.54) is 12.4 Å². The number of imidazole rings is 1. The van der Waals surface area contributed by atoms with E-state index < -0.39 is 11.6 Å². The Hall–Kier alpha value is -3.67. The summed E-state index contributed by atoms with van der Waals surface area (Å²) in [6.07, 6.45) is 3.82. The maximum absolute atomic E-state index is 13.2. The molecule has 1 fully saturated rings. The van der Waals surface area contributed by atoms with E-state index in [9.17, 15) is 18.4 Å². The van der Waals surface area contributed by atoms with Crippen molar-refractivity contribution in [2.24, 2.45) is 16.1 Å². The molecule has 1 aliphatic rings. The van der Waals surface area contributed by atoms with Gasteiger partial charge in [-0.3, -0.25) is 4.99 Å². The number of halogens is 3. The van der Waals surface area contributed by atoms with Gasteiger partial charge in [0.15, 0.2) is 0 Å². The number of alkyl halides is 3. The fourth-order valence-electron chi connectivity index (χ4n) is 3.43. The van der Waals surface area contributed by atoms with E-state index in [-0.39, 0.29) is 25.1 Å². The molecule has 158 valence electrons. The van der Waals surface area contributed by atoms with Crippen LogP contribution in [0.1, 0.15) is 29.7 Å². The number of aliphatic imine (C=N–C) groups is 1. The van der Waals surface area contributed by atoms with Crippen LogP contribution in [-0.4, -0.2) is 33.3 Å². The Morgan fingerprint density at radius 3 is 2.77 bits per heavy atom. The van der Waals surface area contributed by atoms with Crippen LogP contribution < -0.4 is 5.73 Å². The number of fused-ring (bicyclic) bond motifs is 1. The summed E-state index contributed by atoms with van der Waals surface area (Å²) in [6, 6.07) is 7.46. The lowest BCUT2D eigenvalue weighted by Gasteiger charge is -2.16. The summed E-state index contributed by atoms with van der Waals surface area (Å²) in [5.74, 6) is 0. The highest BCUT2D eigenvalue weighted by atomic mass is 19.4. The molecule has 1 saturated carbocycles. The van der Waals surface area contributed by atoms with Gasteiger partial charge in [0.2, 0.25) is 0 Å². The number of nitrogens with zero attached hydrogens (tertiary/aromatic N) is 5. The van der Waals surface area contributed by atoms with Gasteiger partial charge < -0.3 is 10.1 Å². The van der Waals surface area contributed by atoms with Gasteiger partial charge in [-0.1, -0.05) is 0 Å². The SMILES string of the molecule is Cc1cc(C(C=NCC2(C(F)(F)F)CC2)=CN)c(-c2ccn3ccnc3c2)nc1C#N. The molecular weight excluding hydrogens is 405 g/mol. The van der Waals surface area contributed by atoms with Crippen LogP contribution in [0.2, 0.25) is 0 Å². The fraction of sp³-hybridized carbons (Fsp3) is 0.273. The average molecular weight is 424 g/mol. The highest BCUT2D eigenvalue weighted by molar-refractivity contribution is 6.12. The van der Waals surface area contributed by atoms with Crippen LogP contribution in [0.5, 0.6) is 0 Å². The predicted molar refractivity (Wildman–Crippen MR) is 111 cm³/mol. The first-order valence-electron chi connectivity index (χ1n) is 9.62. The monoisotopic (exact) mass is 424 g/mol. The Balaban J connectivity index is 1.75. The van der Waals surface area contributed by atoms with E-state index in [1.807, 2.05) is 22.7 Å². The Morgan fingerprint density at radius 1 is 1.35 bits per heavy atom. The van der Waals surface area contributed by atoms with E-state index in [0.717, 1.165) is 0 Å². The number of nitriles is 1. The molecule has 2 N–H and O–H groups in total. The van der Waals surface area contributed by atoms with Crippen LogP contribution in [-0.2, 0) is 0 Å². The number of nitrogens with two attached hydrogens (primary N) is 1. The number of aromatic nitrogens is 3. The maximum atomic E-state index is 13.2. The molecule has 31 heavy (non-hydrogen) atoms. The van der Waals surface area contributed by atoms with Gasteiger partial charge >= 0.3 is 6.18 Å². The minimum absolute atomic E-state index is 0.0859. The molecule has 3 aromatic rings. The van der Waals surface area contributed by atoms with Crippen LogP contribution in [0.3, 0.4) is 0 Å². The Kier molecular flexibility index (Phi) is 5.01. The molecule has 0 bridgehead atoms. The first kappa shape index (κ1) is 20.6. The summed E-state index contributed by atoms with van der Waals surface area (Å²) < 4.78 is 41.4. The molecule has 0 spiro atoms. The van der Waals surface area contributed by atoms with Crippen LogP contribution in [0, 0.1) is 23.7 Å². The van der Waals surface area contributed by atoms with Gasteiger partial charge in [0.05, 0.1) is 17.7 Å². The molecule has 0 aromatic carbocycles. The van der Waals surface area contributed by atoms with Gasteiger partial charge in [-0.05, 0) is 43.5 Å². The maximum Gasteiger partial charge on any atom is 0.396 e. The molecule has 0 atom stereocenters. The summed E-state index contributed by atoms with van der Waals surface area (Å²) in [6.45, 7) is 1.40. The van der Waals surface area contributed by atoms with Crippen molar-refractivity contribution in [2.45, 2.75) is 25.9 Å². The Labute approximate surface area is 176 Å². The van der Waals surface area contributed by atoms with Crippen molar-refractivity contribution in [2.75, 3.05) is 6.54 Å². The van der Waals surface area contributed by atoms with Crippen molar-refractivity contribution in [3.8, 4) is 17.3 Å². The summed E-state index contributed by atoms with van der Waals surface area (Å²) in [7, 11) is 0. The normalized spacial score (nSPS) is 16.0. The second-order valence-corrected chi connectivity index (χ2v) is 7.64. The Bertz CT molecular complexity index is 1240. The molecule has 0 unspecified atom stereocenters. The van der Waals surface area contributed by atoms with Crippen molar-refractivity contribution < 1.29 is 13.2 Å². The third-order valence-corrected chi connectivity index (χ3v) is 5.56. The van der Waals surface area contributed by atoms with Gasteiger partial charge in [-0.25, -0.2) is 9.97 Å². The highest BCUT2D eigenvalue weighted by Crippen LogP contribution is 2.57. The van der Waals surface area contributed by atoms with E-state index >= 15 is 0 Å². The molecule has 0 amide bonds. The quantitative estimate of drug-likeness (QED) is 0.619. The van der Waals surface area contributed by atoms with Gasteiger partial charge in [0.25, 0.3) is 0 Å². The van der Waals surface area contributed by atoms with E-state index in [4.69, 9.17) is 5.73 Å². The molecule has 9 heteroatoms. The number of rotatable bonds is 5. The highest BCUT2D eigenvalue weighted by Gasteiger charge is 2.62. The first-order chi connectivity index (χ1) is 14.8. The minimum atomic E-state index is -4.27. The third-order valence-electron chi connectivity index (χ3n) is 5.56. The summed E-state index contributed by atoms with van der Waals surface area (Å²) in [5, 5.41) is 9.43. The van der Waals surface area contributed by atoms with Gasteiger partial charge in [-0.2, -0.15) is 18.4 Å². The molecule has 1 aliphatic carbocycles. The number of aryl methyl sites for hydroxylation is 1. The first-order valence-corrected chi connectivity index (χ1v) is 9.62. The van der Waals surface area contributed by atoms with Gasteiger partial charge in [0.1, 0.15) is 17.4 Å². The van der Waals surface area contributed by atoms with E-state index in [1.54, 1.807) is 25.4 Å². The molecule has 3 heterocycles. The number of hydrogen-bond acceptors (Lipinski definition) is 5. The lowest BCUT2D eigenvalue weighted by atomic mass is 9.98. The lowest BCUT2D eigenvalue weighted by Crippen LogP contribution is -2.27. The van der Waals surface area contributed by atoms with Crippen molar-refractivity contribution >= 4 is 17.4 Å². The zero-order chi connectivity index (χ0) is 22.2. The van der Waals surface area contributed by atoms with Crippen molar-refractivity contribution in [3.05, 3.63) is 59.8 Å². The van der Waals surface area contributed by atoms with Crippen LogP contribution in [0.4, 0.5) is 13.2 Å². The second kappa shape index (κ2) is 7.54. The third kappa shape index (κ3) is 3.77. The Morgan fingerprint density at radius 2 is 2.13 bits per heavy atom. The molecular formula is C22H19F3N6. The molecule has 0 radical (unpaired) electrons. The summed E-state index contributed by atoms with van der Waals surface area (Å²) in [5.41, 5.74) is 7.85. The minimum Gasteiger partial charge on any atom is -0.404 e. The topological polar surface area (TPSA) is 92.4 Å². The molecule has 3 aromatic heterocycles. The molecule has 0 saturated heterocycles. The van der Waals surface area contributed by atoms with Crippen LogP contribution in [0.15, 0.2) is 48.0 Å². The smallest absolute Gasteiger partial charge is 0.396 e. The second-order valence-electron chi connectivity index (χ2n) is 7.64. The standard InChI is InChI=1S/C22H19F3N6/c1-14-8-17(16(10-26)12-28-13-21(3-4-21)22(23,24)25)20(30-18(14)11-27)15-2-6-31-7-5-29-19(31)9-15/h2,5-10,12H,3-4,13,26H2,1H3. The number of allylic oxidation sites excluding steroid dienone is 1. The van der Waals surface area contributed by atoms with Crippen molar-refractivity contribution in [1.29, 1.82) is 5.26 Å². The average Bonchev–Trinajstić information content (AvgIpc) is 3.40. The van der Waals surface area contributed by atoms with Gasteiger partial charge in [-0.15, -0.1) is 0 Å². The zero-order valence-corrected chi connectivity index (χ0v) is 16.7. The van der Waals surface area contributed by atoms with Crippen LogP contribution >= 0.6 is 0 Å². The van der Waals surface area contributed by atoms with Gasteiger partial charge in [0, 0.05) is 47.7 Å². The molecule has 6 nitrogen and oxygen atoms in total. The van der Waals surface area contributed by atoms with Crippen molar-refractivity contribution in [3.63, 3.8) is 0 Å². The number of hydrogen-bond donors (Lipinski definition) is 1. The number of pyridine rings is 2. The molecule has 0 aliphatic heterocycles. The lowest BCUT2D eigenvalue weighted by molar-refractivity contribution is -0.183. The summed E-state index contributed by atoms with van der Waals surface area (Å²) >= 11 is 0. The predicted octanol–water partition coefficient (Wildman–Crippen LogP) is 4.29.